The first kappa shape index (κ1) is 16.7. The van der Waals surface area contributed by atoms with E-state index in [2.05, 4.69) is 10.0 Å². The Bertz CT molecular complexity index is 291. The van der Waals surface area contributed by atoms with Gasteiger partial charge >= 0.3 is 6.18 Å². The van der Waals surface area contributed by atoms with Crippen molar-refractivity contribution in [3.05, 3.63) is 0 Å². The number of alkyl halides is 3. The zero-order valence-corrected chi connectivity index (χ0v) is 10.6. The first-order valence-corrected chi connectivity index (χ1v) is 7.11. The zero-order chi connectivity index (χ0) is 13.4. The summed E-state index contributed by atoms with van der Waals surface area (Å²) in [7, 11) is -1.62. The summed E-state index contributed by atoms with van der Waals surface area (Å²) < 4.78 is 60.2. The van der Waals surface area contributed by atoms with Gasteiger partial charge in [0, 0.05) is 13.0 Å². The molecule has 0 rings (SSSR count). The molecule has 4 nitrogen and oxygen atoms in total. The van der Waals surface area contributed by atoms with Gasteiger partial charge in [-0.25, -0.2) is 13.1 Å². The van der Waals surface area contributed by atoms with Gasteiger partial charge in [-0.3, -0.25) is 0 Å². The zero-order valence-electron chi connectivity index (χ0n) is 9.81. The highest BCUT2D eigenvalue weighted by molar-refractivity contribution is 7.89. The predicted octanol–water partition coefficient (Wildman–Crippen LogP) is 1.25. The van der Waals surface area contributed by atoms with E-state index in [1.54, 1.807) is 7.05 Å². The van der Waals surface area contributed by atoms with E-state index >= 15 is 0 Å². The van der Waals surface area contributed by atoms with Crippen molar-refractivity contribution in [3.8, 4) is 0 Å². The molecule has 0 atom stereocenters. The number of halogens is 3. The Hall–Kier alpha value is -0.340. The van der Waals surface area contributed by atoms with Crippen LogP contribution >= 0.6 is 0 Å². The molecule has 0 amide bonds. The monoisotopic (exact) mass is 276 g/mol. The van der Waals surface area contributed by atoms with Gasteiger partial charge in [0.1, 0.15) is 0 Å². The molecule has 8 heteroatoms. The quantitative estimate of drug-likeness (QED) is 0.623. The van der Waals surface area contributed by atoms with E-state index < -0.39 is 22.6 Å². The third-order valence-corrected chi connectivity index (χ3v) is 3.52. The number of rotatable bonds is 9. The molecule has 2 N–H and O–H groups in total. The summed E-state index contributed by atoms with van der Waals surface area (Å²) in [6, 6.07) is 0. The summed E-state index contributed by atoms with van der Waals surface area (Å²) in [4.78, 5) is 0. The molecule has 0 heterocycles. The summed E-state index contributed by atoms with van der Waals surface area (Å²) >= 11 is 0. The van der Waals surface area contributed by atoms with E-state index in [9.17, 15) is 21.6 Å². The molecule has 0 bridgehead atoms. The van der Waals surface area contributed by atoms with Gasteiger partial charge in [0.25, 0.3) is 0 Å². The molecule has 17 heavy (non-hydrogen) atoms. The van der Waals surface area contributed by atoms with Gasteiger partial charge in [0.2, 0.25) is 10.0 Å². The van der Waals surface area contributed by atoms with Crippen LogP contribution in [-0.2, 0) is 10.0 Å². The smallest absolute Gasteiger partial charge is 0.320 e. The fraction of sp³-hybridized carbons (Fsp3) is 1.00. The molecular formula is C9H19F3N2O2S. The fourth-order valence-electron chi connectivity index (χ4n) is 1.19. The first-order chi connectivity index (χ1) is 7.77. The topological polar surface area (TPSA) is 58.2 Å². The number of hydrogen-bond acceptors (Lipinski definition) is 3. The molecule has 0 spiro atoms. The van der Waals surface area contributed by atoms with Crippen molar-refractivity contribution in [1.82, 2.24) is 10.0 Å². The van der Waals surface area contributed by atoms with Gasteiger partial charge in [-0.2, -0.15) is 13.2 Å². The van der Waals surface area contributed by atoms with Gasteiger partial charge in [-0.05, 0) is 32.9 Å². The normalized spacial score (nSPS) is 12.9. The summed E-state index contributed by atoms with van der Waals surface area (Å²) in [5.74, 6) is -0.00683. The van der Waals surface area contributed by atoms with Gasteiger partial charge in [-0.1, -0.05) is 0 Å². The van der Waals surface area contributed by atoms with Gasteiger partial charge in [-0.15, -0.1) is 0 Å². The summed E-state index contributed by atoms with van der Waals surface area (Å²) in [5, 5.41) is 2.82. The van der Waals surface area contributed by atoms with Crippen molar-refractivity contribution in [2.45, 2.75) is 31.9 Å². The van der Waals surface area contributed by atoms with Crippen LogP contribution < -0.4 is 10.0 Å². The molecule has 0 aromatic rings. The molecule has 0 radical (unpaired) electrons. The van der Waals surface area contributed by atoms with Crippen LogP contribution in [0.4, 0.5) is 13.2 Å². The van der Waals surface area contributed by atoms with Crippen molar-refractivity contribution in [1.29, 1.82) is 0 Å². The predicted molar refractivity (Wildman–Crippen MR) is 60.2 cm³/mol. The minimum absolute atomic E-state index is 0.00683. The average Bonchev–Trinajstić information content (AvgIpc) is 2.15. The molecule has 0 aromatic heterocycles. The number of nitrogens with one attached hydrogen (secondary N) is 2. The number of hydrogen-bond donors (Lipinski definition) is 2. The third kappa shape index (κ3) is 11.9. The van der Waals surface area contributed by atoms with Gasteiger partial charge < -0.3 is 5.32 Å². The second-order valence-electron chi connectivity index (χ2n) is 3.74. The van der Waals surface area contributed by atoms with Crippen molar-refractivity contribution in [2.24, 2.45) is 0 Å². The van der Waals surface area contributed by atoms with Crippen LogP contribution in [0.15, 0.2) is 0 Å². The molecule has 104 valence electrons. The Kier molecular flexibility index (Phi) is 7.73. The lowest BCUT2D eigenvalue weighted by Gasteiger charge is -2.07. The van der Waals surface area contributed by atoms with Crippen LogP contribution in [-0.4, -0.2) is 40.5 Å². The van der Waals surface area contributed by atoms with E-state index in [1.165, 1.54) is 0 Å². The maximum atomic E-state index is 11.8. The van der Waals surface area contributed by atoms with E-state index in [-0.39, 0.29) is 25.1 Å². The summed E-state index contributed by atoms with van der Waals surface area (Å²) in [6.07, 6.45) is -4.40. The molecule has 0 aliphatic carbocycles. The summed E-state index contributed by atoms with van der Waals surface area (Å²) in [5.41, 5.74) is 0. The number of sulfonamides is 1. The molecule has 0 aliphatic rings. The van der Waals surface area contributed by atoms with Crippen LogP contribution in [0, 0.1) is 0 Å². The third-order valence-electron chi connectivity index (χ3n) is 2.05. The Labute approximate surface area is 100 Å². The fourth-order valence-corrected chi connectivity index (χ4v) is 2.31. The van der Waals surface area contributed by atoms with E-state index in [0.29, 0.717) is 13.0 Å². The highest BCUT2D eigenvalue weighted by Crippen LogP contribution is 2.21. The van der Waals surface area contributed by atoms with Crippen LogP contribution in [0.2, 0.25) is 0 Å². The Morgan fingerprint density at radius 3 is 2.24 bits per heavy atom. The van der Waals surface area contributed by atoms with Crippen molar-refractivity contribution in [3.63, 3.8) is 0 Å². The Balaban J connectivity index is 3.59. The molecule has 0 saturated heterocycles. The first-order valence-electron chi connectivity index (χ1n) is 5.45. The van der Waals surface area contributed by atoms with Crippen LogP contribution in [0.25, 0.3) is 0 Å². The Morgan fingerprint density at radius 1 is 1.06 bits per heavy atom. The highest BCUT2D eigenvalue weighted by Gasteiger charge is 2.25. The SMILES string of the molecule is CNCCCS(=O)(=O)NCCCCC(F)(F)F. The molecule has 0 saturated carbocycles. The average molecular weight is 276 g/mol. The van der Waals surface area contributed by atoms with Gasteiger partial charge in [0.05, 0.1) is 5.75 Å². The van der Waals surface area contributed by atoms with Crippen molar-refractivity contribution in [2.75, 3.05) is 25.9 Å². The second-order valence-corrected chi connectivity index (χ2v) is 5.67. The maximum absolute atomic E-state index is 11.8. The van der Waals surface area contributed by atoms with Crippen LogP contribution in [0.1, 0.15) is 25.7 Å². The standard InChI is InChI=1S/C9H19F3N2O2S/c1-13-6-4-8-17(15,16)14-7-3-2-5-9(10,11)12/h13-14H,2-8H2,1H3. The lowest BCUT2D eigenvalue weighted by molar-refractivity contribution is -0.135. The van der Waals surface area contributed by atoms with Crippen molar-refractivity contribution < 1.29 is 21.6 Å². The molecule has 0 aliphatic heterocycles. The largest absolute Gasteiger partial charge is 0.389 e. The highest BCUT2D eigenvalue weighted by atomic mass is 32.2. The number of unbranched alkanes of at least 4 members (excludes halogenated alkanes) is 1. The molecule has 0 unspecified atom stereocenters. The lowest BCUT2D eigenvalue weighted by Crippen LogP contribution is -2.28. The minimum atomic E-state index is -4.16. The van der Waals surface area contributed by atoms with Crippen LogP contribution in [0.5, 0.6) is 0 Å². The minimum Gasteiger partial charge on any atom is -0.320 e. The van der Waals surface area contributed by atoms with Crippen molar-refractivity contribution >= 4 is 10.0 Å². The van der Waals surface area contributed by atoms with Crippen LogP contribution in [0.3, 0.4) is 0 Å². The second kappa shape index (κ2) is 7.88. The van der Waals surface area contributed by atoms with E-state index in [0.717, 1.165) is 0 Å². The van der Waals surface area contributed by atoms with E-state index in [4.69, 9.17) is 0 Å². The molecule has 0 fully saturated rings. The Morgan fingerprint density at radius 2 is 1.71 bits per heavy atom. The summed E-state index contributed by atoms with van der Waals surface area (Å²) in [6.45, 7) is 0.660. The maximum Gasteiger partial charge on any atom is 0.389 e. The molecule has 0 aromatic carbocycles. The lowest BCUT2D eigenvalue weighted by atomic mass is 10.2. The molecular weight excluding hydrogens is 257 g/mol. The van der Waals surface area contributed by atoms with Gasteiger partial charge in [0.15, 0.2) is 0 Å². The van der Waals surface area contributed by atoms with E-state index in [1.807, 2.05) is 0 Å².